The Morgan fingerprint density at radius 1 is 1.07 bits per heavy atom. The SMILES string of the molecule is Cc1cc(C)cc(Nc2nn(-c3ccc(F)cc3)c3c2C(=O)C[C@H](C)C3)c1. The molecule has 138 valence electrons. The molecule has 0 radical (unpaired) electrons. The van der Waals surface area contributed by atoms with Crippen molar-refractivity contribution >= 4 is 17.3 Å². The molecule has 4 rings (SSSR count). The van der Waals surface area contributed by atoms with Crippen LogP contribution < -0.4 is 5.32 Å². The van der Waals surface area contributed by atoms with Gasteiger partial charge in [-0.1, -0.05) is 13.0 Å². The summed E-state index contributed by atoms with van der Waals surface area (Å²) in [5.74, 6) is 0.632. The number of fused-ring (bicyclic) bond motifs is 1. The van der Waals surface area contributed by atoms with Crippen LogP contribution in [0.3, 0.4) is 0 Å². The Morgan fingerprint density at radius 2 is 1.74 bits per heavy atom. The fraction of sp³-hybridized carbons (Fsp3) is 0.273. The van der Waals surface area contributed by atoms with Crippen LogP contribution in [0.4, 0.5) is 15.9 Å². The predicted molar refractivity (Wildman–Crippen MR) is 105 cm³/mol. The smallest absolute Gasteiger partial charge is 0.168 e. The molecule has 2 aromatic carbocycles. The van der Waals surface area contributed by atoms with E-state index in [1.54, 1.807) is 16.8 Å². The third kappa shape index (κ3) is 3.37. The topological polar surface area (TPSA) is 46.9 Å². The number of anilines is 2. The molecular weight excluding hydrogens is 341 g/mol. The standard InChI is InChI=1S/C22H22FN3O/c1-13-8-14(2)10-17(9-13)24-22-21-19(11-15(3)12-20(21)27)26(25-22)18-6-4-16(23)5-7-18/h4-10,15H,11-12H2,1-3H3,(H,24,25)/t15-/m1/s1. The number of aromatic nitrogens is 2. The Kier molecular flexibility index (Phi) is 4.30. The summed E-state index contributed by atoms with van der Waals surface area (Å²) < 4.78 is 15.1. The molecule has 0 saturated heterocycles. The first kappa shape index (κ1) is 17.5. The Morgan fingerprint density at radius 3 is 2.41 bits per heavy atom. The maximum atomic E-state index is 13.3. The van der Waals surface area contributed by atoms with E-state index in [0.29, 0.717) is 17.8 Å². The first-order valence-electron chi connectivity index (χ1n) is 9.17. The van der Waals surface area contributed by atoms with Crippen molar-refractivity contribution in [2.75, 3.05) is 5.32 Å². The van der Waals surface area contributed by atoms with E-state index in [1.807, 2.05) is 26.0 Å². The minimum atomic E-state index is -0.294. The summed E-state index contributed by atoms with van der Waals surface area (Å²) in [5.41, 5.74) is 5.48. The molecule has 1 aromatic heterocycles. The average Bonchev–Trinajstić information content (AvgIpc) is 2.93. The molecule has 0 amide bonds. The summed E-state index contributed by atoms with van der Waals surface area (Å²) in [5, 5.41) is 8.03. The van der Waals surface area contributed by atoms with Crippen LogP contribution in [0.25, 0.3) is 5.69 Å². The molecule has 3 aromatic rings. The van der Waals surface area contributed by atoms with E-state index in [-0.39, 0.29) is 17.5 Å². The fourth-order valence-corrected chi connectivity index (χ4v) is 3.82. The van der Waals surface area contributed by atoms with E-state index >= 15 is 0 Å². The van der Waals surface area contributed by atoms with Crippen molar-refractivity contribution in [2.45, 2.75) is 33.6 Å². The highest BCUT2D eigenvalue weighted by molar-refractivity contribution is 6.03. The molecule has 0 fully saturated rings. The first-order valence-corrected chi connectivity index (χ1v) is 9.17. The molecule has 27 heavy (non-hydrogen) atoms. The van der Waals surface area contributed by atoms with Crippen LogP contribution in [-0.4, -0.2) is 15.6 Å². The van der Waals surface area contributed by atoms with Gasteiger partial charge in [0.15, 0.2) is 11.6 Å². The molecular formula is C22H22FN3O. The Balaban J connectivity index is 1.83. The minimum Gasteiger partial charge on any atom is -0.338 e. The van der Waals surface area contributed by atoms with Crippen LogP contribution in [0.5, 0.6) is 0 Å². The average molecular weight is 363 g/mol. The largest absolute Gasteiger partial charge is 0.338 e. The number of hydrogen-bond donors (Lipinski definition) is 1. The lowest BCUT2D eigenvalue weighted by Crippen LogP contribution is -2.19. The summed E-state index contributed by atoms with van der Waals surface area (Å²) in [6, 6.07) is 12.4. The van der Waals surface area contributed by atoms with Crippen molar-refractivity contribution in [3.8, 4) is 5.69 Å². The van der Waals surface area contributed by atoms with Gasteiger partial charge in [-0.3, -0.25) is 4.79 Å². The molecule has 1 N–H and O–H groups in total. The second-order valence-corrected chi connectivity index (χ2v) is 7.50. The van der Waals surface area contributed by atoms with Crippen molar-refractivity contribution < 1.29 is 9.18 Å². The minimum absolute atomic E-state index is 0.101. The lowest BCUT2D eigenvalue weighted by atomic mass is 9.87. The maximum Gasteiger partial charge on any atom is 0.168 e. The number of Topliss-reactive ketones (excluding diaryl/α,β-unsaturated/α-hetero) is 1. The van der Waals surface area contributed by atoms with E-state index in [1.165, 1.54) is 12.1 Å². The number of carbonyl (C=O) groups excluding carboxylic acids is 1. The zero-order valence-corrected chi connectivity index (χ0v) is 15.7. The quantitative estimate of drug-likeness (QED) is 0.701. The number of aryl methyl sites for hydroxylation is 2. The number of carbonyl (C=O) groups is 1. The molecule has 0 unspecified atom stereocenters. The third-order valence-corrected chi connectivity index (χ3v) is 4.89. The van der Waals surface area contributed by atoms with Crippen molar-refractivity contribution in [3.05, 3.63) is 70.7 Å². The number of hydrogen-bond acceptors (Lipinski definition) is 3. The number of nitrogens with one attached hydrogen (secondary N) is 1. The number of nitrogens with zero attached hydrogens (tertiary/aromatic N) is 2. The van der Waals surface area contributed by atoms with Gasteiger partial charge < -0.3 is 5.32 Å². The lowest BCUT2D eigenvalue weighted by Gasteiger charge is -2.19. The van der Waals surface area contributed by atoms with Gasteiger partial charge in [-0.2, -0.15) is 0 Å². The Labute approximate surface area is 158 Å². The van der Waals surface area contributed by atoms with E-state index in [2.05, 4.69) is 18.3 Å². The fourth-order valence-electron chi connectivity index (χ4n) is 3.82. The van der Waals surface area contributed by atoms with Crippen LogP contribution in [0.1, 0.15) is 40.5 Å². The second-order valence-electron chi connectivity index (χ2n) is 7.50. The normalized spacial score (nSPS) is 16.3. The first-order chi connectivity index (χ1) is 12.9. The van der Waals surface area contributed by atoms with E-state index in [4.69, 9.17) is 5.10 Å². The highest BCUT2D eigenvalue weighted by Gasteiger charge is 2.31. The molecule has 5 heteroatoms. The van der Waals surface area contributed by atoms with Gasteiger partial charge in [0.25, 0.3) is 0 Å². The monoisotopic (exact) mass is 363 g/mol. The summed E-state index contributed by atoms with van der Waals surface area (Å²) in [6.07, 6.45) is 1.28. The van der Waals surface area contributed by atoms with Gasteiger partial charge in [-0.25, -0.2) is 9.07 Å². The van der Waals surface area contributed by atoms with Gasteiger partial charge in [0.2, 0.25) is 0 Å². The molecule has 0 bridgehead atoms. The van der Waals surface area contributed by atoms with E-state index in [9.17, 15) is 9.18 Å². The Hall–Kier alpha value is -2.95. The van der Waals surface area contributed by atoms with Gasteiger partial charge in [0, 0.05) is 12.1 Å². The van der Waals surface area contributed by atoms with Crippen molar-refractivity contribution in [1.29, 1.82) is 0 Å². The second kappa shape index (κ2) is 6.65. The highest BCUT2D eigenvalue weighted by Crippen LogP contribution is 2.34. The van der Waals surface area contributed by atoms with Crippen LogP contribution in [0, 0.1) is 25.6 Å². The number of benzene rings is 2. The third-order valence-electron chi connectivity index (χ3n) is 4.89. The van der Waals surface area contributed by atoms with Gasteiger partial charge >= 0.3 is 0 Å². The van der Waals surface area contributed by atoms with Crippen LogP contribution >= 0.6 is 0 Å². The van der Waals surface area contributed by atoms with Gasteiger partial charge in [0.1, 0.15) is 5.82 Å². The van der Waals surface area contributed by atoms with Gasteiger partial charge in [0.05, 0.1) is 16.9 Å². The number of halogens is 1. The van der Waals surface area contributed by atoms with E-state index < -0.39 is 0 Å². The summed E-state index contributed by atoms with van der Waals surface area (Å²) >= 11 is 0. The molecule has 1 heterocycles. The van der Waals surface area contributed by atoms with Crippen LogP contribution in [-0.2, 0) is 6.42 Å². The number of ketones is 1. The summed E-state index contributed by atoms with van der Waals surface area (Å²) in [7, 11) is 0. The number of rotatable bonds is 3. The summed E-state index contributed by atoms with van der Waals surface area (Å²) in [4.78, 5) is 12.8. The van der Waals surface area contributed by atoms with Crippen molar-refractivity contribution in [1.82, 2.24) is 9.78 Å². The van der Waals surface area contributed by atoms with Crippen LogP contribution in [0.15, 0.2) is 42.5 Å². The van der Waals surface area contributed by atoms with Crippen LogP contribution in [0.2, 0.25) is 0 Å². The highest BCUT2D eigenvalue weighted by atomic mass is 19.1. The van der Waals surface area contributed by atoms with Crippen molar-refractivity contribution in [3.63, 3.8) is 0 Å². The molecule has 0 spiro atoms. The lowest BCUT2D eigenvalue weighted by molar-refractivity contribution is 0.0953. The molecule has 0 saturated carbocycles. The molecule has 1 aliphatic carbocycles. The predicted octanol–water partition coefficient (Wildman–Crippen LogP) is 5.14. The molecule has 1 atom stereocenters. The van der Waals surface area contributed by atoms with Gasteiger partial charge in [-0.05, 0) is 73.7 Å². The molecule has 1 aliphatic rings. The van der Waals surface area contributed by atoms with Crippen molar-refractivity contribution in [2.24, 2.45) is 5.92 Å². The Bertz CT molecular complexity index is 1000. The molecule has 0 aliphatic heterocycles. The van der Waals surface area contributed by atoms with Gasteiger partial charge in [-0.15, -0.1) is 5.10 Å². The molecule has 4 nitrogen and oxygen atoms in total. The van der Waals surface area contributed by atoms with E-state index in [0.717, 1.165) is 34.6 Å². The zero-order valence-electron chi connectivity index (χ0n) is 15.7. The zero-order chi connectivity index (χ0) is 19.1. The summed E-state index contributed by atoms with van der Waals surface area (Å²) in [6.45, 7) is 6.15. The maximum absolute atomic E-state index is 13.3.